The van der Waals surface area contributed by atoms with Gasteiger partial charge in [-0.15, -0.1) is 0 Å². The van der Waals surface area contributed by atoms with Crippen molar-refractivity contribution in [2.45, 2.75) is 45.4 Å². The van der Waals surface area contributed by atoms with E-state index in [1.165, 1.54) is 0 Å². The number of esters is 2. The molecule has 6 nitrogen and oxygen atoms in total. The highest BCUT2D eigenvalue weighted by atomic mass is 16.6. The Balaban J connectivity index is 1.77. The lowest BCUT2D eigenvalue weighted by atomic mass is 10.1. The summed E-state index contributed by atoms with van der Waals surface area (Å²) >= 11 is 0. The van der Waals surface area contributed by atoms with Crippen LogP contribution in [0.1, 0.15) is 31.9 Å². The van der Waals surface area contributed by atoms with Gasteiger partial charge in [0, 0.05) is 0 Å². The first kappa shape index (κ1) is 21.4. The maximum atomic E-state index is 12.1. The average Bonchev–Trinajstić information content (AvgIpc) is 2.65. The second kappa shape index (κ2) is 9.90. The molecule has 2 rings (SSSR count). The molecule has 0 fully saturated rings. The molecule has 0 radical (unpaired) electrons. The largest absolute Gasteiger partial charge is 0.482 e. The van der Waals surface area contributed by atoms with Crippen molar-refractivity contribution in [1.82, 2.24) is 0 Å². The summed E-state index contributed by atoms with van der Waals surface area (Å²) in [4.78, 5) is 23.7. The van der Waals surface area contributed by atoms with E-state index < -0.39 is 23.6 Å². The van der Waals surface area contributed by atoms with E-state index in [2.05, 4.69) is 0 Å². The molecule has 0 unspecified atom stereocenters. The van der Waals surface area contributed by atoms with Gasteiger partial charge < -0.3 is 19.9 Å². The first-order valence-corrected chi connectivity index (χ1v) is 9.13. The Bertz CT molecular complexity index is 766. The van der Waals surface area contributed by atoms with Crippen LogP contribution < -0.4 is 10.5 Å². The van der Waals surface area contributed by atoms with E-state index in [4.69, 9.17) is 19.9 Å². The Hall–Kier alpha value is -2.86. The third-order valence-corrected chi connectivity index (χ3v) is 3.68. The van der Waals surface area contributed by atoms with Crippen LogP contribution in [0.5, 0.6) is 5.75 Å². The van der Waals surface area contributed by atoms with E-state index in [9.17, 15) is 9.59 Å². The summed E-state index contributed by atoms with van der Waals surface area (Å²) in [6.07, 6.45) is 0.347. The summed E-state index contributed by atoms with van der Waals surface area (Å²) in [5, 5.41) is 0. The van der Waals surface area contributed by atoms with Gasteiger partial charge in [-0.1, -0.05) is 42.5 Å². The van der Waals surface area contributed by atoms with Gasteiger partial charge in [-0.2, -0.15) is 0 Å². The van der Waals surface area contributed by atoms with E-state index in [-0.39, 0.29) is 13.2 Å². The highest BCUT2D eigenvalue weighted by Gasteiger charge is 2.17. The van der Waals surface area contributed by atoms with Crippen molar-refractivity contribution in [1.29, 1.82) is 0 Å². The van der Waals surface area contributed by atoms with Gasteiger partial charge in [-0.3, -0.25) is 4.79 Å². The van der Waals surface area contributed by atoms with Crippen LogP contribution in [0.15, 0.2) is 54.6 Å². The van der Waals surface area contributed by atoms with Gasteiger partial charge >= 0.3 is 11.9 Å². The van der Waals surface area contributed by atoms with Gasteiger partial charge in [0.2, 0.25) is 0 Å². The summed E-state index contributed by atoms with van der Waals surface area (Å²) in [6, 6.07) is 15.7. The number of rotatable bonds is 8. The number of benzene rings is 2. The first-order valence-electron chi connectivity index (χ1n) is 9.13. The van der Waals surface area contributed by atoms with Crippen LogP contribution in [-0.4, -0.2) is 30.2 Å². The fourth-order valence-electron chi connectivity index (χ4n) is 2.41. The van der Waals surface area contributed by atoms with Crippen molar-refractivity contribution in [3.63, 3.8) is 0 Å². The van der Waals surface area contributed by atoms with Gasteiger partial charge in [-0.25, -0.2) is 4.79 Å². The Kier molecular flexibility index (Phi) is 7.58. The fraction of sp³-hybridized carbons (Fsp3) is 0.364. The van der Waals surface area contributed by atoms with Crippen LogP contribution >= 0.6 is 0 Å². The molecule has 0 saturated heterocycles. The zero-order valence-electron chi connectivity index (χ0n) is 16.5. The van der Waals surface area contributed by atoms with Crippen molar-refractivity contribution < 1.29 is 23.8 Å². The van der Waals surface area contributed by atoms with Crippen molar-refractivity contribution in [2.24, 2.45) is 5.73 Å². The van der Waals surface area contributed by atoms with Crippen molar-refractivity contribution in [3.8, 4) is 5.75 Å². The Labute approximate surface area is 165 Å². The lowest BCUT2D eigenvalue weighted by Crippen LogP contribution is -2.34. The number of hydrogen-bond acceptors (Lipinski definition) is 6. The summed E-state index contributed by atoms with van der Waals surface area (Å²) in [7, 11) is 0. The molecule has 6 heteroatoms. The standard InChI is InChI=1S/C22H27NO5/c1-22(2,3)28-20(24)15-26-18-11-9-16(10-12-18)13-19(23)21(25)27-14-17-7-5-4-6-8-17/h4-12,19H,13-15,23H2,1-3H3/t19-/m0/s1. The molecule has 0 aliphatic carbocycles. The van der Waals surface area contributed by atoms with Crippen LogP contribution in [-0.2, 0) is 32.1 Å². The molecular formula is C22H27NO5. The molecular weight excluding hydrogens is 358 g/mol. The number of carbonyl (C=O) groups is 2. The second-order valence-electron chi connectivity index (χ2n) is 7.42. The van der Waals surface area contributed by atoms with Crippen LogP contribution in [0.25, 0.3) is 0 Å². The van der Waals surface area contributed by atoms with Gasteiger partial charge in [0.1, 0.15) is 24.0 Å². The van der Waals surface area contributed by atoms with Gasteiger partial charge in [-0.05, 0) is 50.5 Å². The third-order valence-electron chi connectivity index (χ3n) is 3.68. The number of carbonyl (C=O) groups excluding carboxylic acids is 2. The number of ether oxygens (including phenoxy) is 3. The van der Waals surface area contributed by atoms with Crippen molar-refractivity contribution in [2.75, 3.05) is 6.61 Å². The van der Waals surface area contributed by atoms with Crippen LogP contribution in [0.4, 0.5) is 0 Å². The molecule has 0 spiro atoms. The fourth-order valence-corrected chi connectivity index (χ4v) is 2.41. The SMILES string of the molecule is CC(C)(C)OC(=O)COc1ccc(C[C@H](N)C(=O)OCc2ccccc2)cc1. The number of nitrogens with two attached hydrogens (primary N) is 1. The minimum absolute atomic E-state index is 0.165. The zero-order valence-corrected chi connectivity index (χ0v) is 16.5. The molecule has 28 heavy (non-hydrogen) atoms. The summed E-state index contributed by atoms with van der Waals surface area (Å²) < 4.78 is 15.8. The van der Waals surface area contributed by atoms with Gasteiger partial charge in [0.15, 0.2) is 6.61 Å². The molecule has 2 N–H and O–H groups in total. The summed E-state index contributed by atoms with van der Waals surface area (Å²) in [6.45, 7) is 5.43. The van der Waals surface area contributed by atoms with Gasteiger partial charge in [0.05, 0.1) is 0 Å². The lowest BCUT2D eigenvalue weighted by Gasteiger charge is -2.19. The molecule has 0 saturated carbocycles. The Morgan fingerprint density at radius 2 is 1.61 bits per heavy atom. The predicted octanol–water partition coefficient (Wildman–Crippen LogP) is 3.02. The maximum absolute atomic E-state index is 12.1. The molecule has 0 amide bonds. The quantitative estimate of drug-likeness (QED) is 0.703. The Morgan fingerprint density at radius 3 is 2.21 bits per heavy atom. The maximum Gasteiger partial charge on any atom is 0.344 e. The lowest BCUT2D eigenvalue weighted by molar-refractivity contribution is -0.157. The molecule has 0 aliphatic rings. The third kappa shape index (κ3) is 7.80. The monoisotopic (exact) mass is 385 g/mol. The molecule has 0 bridgehead atoms. The predicted molar refractivity (Wildman–Crippen MR) is 106 cm³/mol. The summed E-state index contributed by atoms with van der Waals surface area (Å²) in [5.74, 6) is -0.344. The second-order valence-corrected chi connectivity index (χ2v) is 7.42. The first-order chi connectivity index (χ1) is 13.2. The zero-order chi connectivity index (χ0) is 20.6. The van der Waals surface area contributed by atoms with Crippen molar-refractivity contribution in [3.05, 3.63) is 65.7 Å². The van der Waals surface area contributed by atoms with E-state index in [1.807, 2.05) is 30.3 Å². The topological polar surface area (TPSA) is 87.9 Å². The van der Waals surface area contributed by atoms with Crippen LogP contribution in [0.2, 0.25) is 0 Å². The molecule has 0 aliphatic heterocycles. The van der Waals surface area contributed by atoms with Crippen molar-refractivity contribution >= 4 is 11.9 Å². The normalized spacial score (nSPS) is 12.1. The van der Waals surface area contributed by atoms with E-state index in [1.54, 1.807) is 45.0 Å². The minimum atomic E-state index is -0.753. The highest BCUT2D eigenvalue weighted by Crippen LogP contribution is 2.15. The molecule has 0 aromatic heterocycles. The smallest absolute Gasteiger partial charge is 0.344 e. The van der Waals surface area contributed by atoms with Crippen LogP contribution in [0.3, 0.4) is 0 Å². The molecule has 1 atom stereocenters. The Morgan fingerprint density at radius 1 is 0.964 bits per heavy atom. The molecule has 2 aromatic rings. The van der Waals surface area contributed by atoms with Crippen LogP contribution in [0, 0.1) is 0 Å². The number of hydrogen-bond donors (Lipinski definition) is 1. The molecule has 0 heterocycles. The molecule has 150 valence electrons. The van der Waals surface area contributed by atoms with E-state index in [0.717, 1.165) is 11.1 Å². The highest BCUT2D eigenvalue weighted by molar-refractivity contribution is 5.76. The average molecular weight is 385 g/mol. The molecule has 2 aromatic carbocycles. The van der Waals surface area contributed by atoms with E-state index >= 15 is 0 Å². The minimum Gasteiger partial charge on any atom is -0.482 e. The summed E-state index contributed by atoms with van der Waals surface area (Å²) in [5.41, 5.74) is 7.18. The van der Waals surface area contributed by atoms with E-state index in [0.29, 0.717) is 12.2 Å². The van der Waals surface area contributed by atoms with Gasteiger partial charge in [0.25, 0.3) is 0 Å².